The second kappa shape index (κ2) is 8.88. The Morgan fingerprint density at radius 1 is 0.955 bits per heavy atom. The summed E-state index contributed by atoms with van der Waals surface area (Å²) in [6.07, 6.45) is 1.73. The molecular weight excluding hydrogens is 284 g/mol. The van der Waals surface area contributed by atoms with Gasteiger partial charge in [0, 0.05) is 7.11 Å². The lowest BCUT2D eigenvalue weighted by Crippen LogP contribution is -2.25. The molecule has 0 amide bonds. The highest BCUT2D eigenvalue weighted by Gasteiger charge is 2.52. The van der Waals surface area contributed by atoms with E-state index in [4.69, 9.17) is 18.9 Å². The number of hydrogen-bond acceptors (Lipinski definition) is 5. The Bertz CT molecular complexity index is 442. The minimum absolute atomic E-state index is 0.140. The number of carbonyl (C=O) groups is 1. The largest absolute Gasteiger partial charge is 0.463 e. The van der Waals surface area contributed by atoms with E-state index in [0.717, 1.165) is 18.4 Å². The Morgan fingerprint density at radius 2 is 1.55 bits per heavy atom. The maximum Gasteiger partial charge on any atom is 0.316 e. The van der Waals surface area contributed by atoms with Crippen molar-refractivity contribution in [2.24, 2.45) is 0 Å². The van der Waals surface area contributed by atoms with Crippen molar-refractivity contribution in [1.82, 2.24) is 0 Å². The topological polar surface area (TPSA) is 54.0 Å². The third-order valence-corrected chi connectivity index (χ3v) is 3.73. The molecule has 1 aliphatic carbocycles. The van der Waals surface area contributed by atoms with E-state index >= 15 is 0 Å². The van der Waals surface area contributed by atoms with Crippen molar-refractivity contribution >= 4 is 5.97 Å². The summed E-state index contributed by atoms with van der Waals surface area (Å²) < 4.78 is 20.8. The van der Waals surface area contributed by atoms with Crippen LogP contribution in [0.25, 0.3) is 0 Å². The fourth-order valence-electron chi connectivity index (χ4n) is 2.29. The minimum atomic E-state index is -0.412. The summed E-state index contributed by atoms with van der Waals surface area (Å²) in [5.41, 5.74) is 0.636. The quantitative estimate of drug-likeness (QED) is 0.462. The molecule has 1 saturated carbocycles. The molecule has 22 heavy (non-hydrogen) atoms. The molecular formula is C17H24O5. The van der Waals surface area contributed by atoms with Crippen molar-refractivity contribution in [1.29, 1.82) is 0 Å². The summed E-state index contributed by atoms with van der Waals surface area (Å²) in [5.74, 6) is -0.140. The molecule has 1 fully saturated rings. The van der Waals surface area contributed by atoms with Gasteiger partial charge in [0.1, 0.15) is 6.61 Å². The van der Waals surface area contributed by atoms with Crippen LogP contribution in [0.2, 0.25) is 0 Å². The maximum atomic E-state index is 12.2. The van der Waals surface area contributed by atoms with Crippen LogP contribution in [0.5, 0.6) is 0 Å². The smallest absolute Gasteiger partial charge is 0.316 e. The predicted molar refractivity (Wildman–Crippen MR) is 81.8 cm³/mol. The number of esters is 1. The first-order chi connectivity index (χ1) is 10.8. The third kappa shape index (κ3) is 4.80. The second-order valence-electron chi connectivity index (χ2n) is 5.30. The van der Waals surface area contributed by atoms with Gasteiger partial charge >= 0.3 is 5.97 Å². The van der Waals surface area contributed by atoms with Crippen LogP contribution >= 0.6 is 0 Å². The molecule has 0 aromatic heterocycles. The van der Waals surface area contributed by atoms with Gasteiger partial charge in [0.05, 0.1) is 38.4 Å². The van der Waals surface area contributed by atoms with Gasteiger partial charge in [-0.05, 0) is 18.4 Å². The Labute approximate surface area is 131 Å². The van der Waals surface area contributed by atoms with Crippen LogP contribution in [-0.4, -0.2) is 52.7 Å². The third-order valence-electron chi connectivity index (χ3n) is 3.73. The van der Waals surface area contributed by atoms with E-state index in [9.17, 15) is 4.79 Å². The molecule has 1 aliphatic rings. The zero-order valence-electron chi connectivity index (χ0n) is 13.1. The van der Waals surface area contributed by atoms with Gasteiger partial charge in [-0.25, -0.2) is 0 Å². The van der Waals surface area contributed by atoms with Crippen LogP contribution in [-0.2, 0) is 29.2 Å². The summed E-state index contributed by atoms with van der Waals surface area (Å²) in [4.78, 5) is 12.2. The number of benzene rings is 1. The summed E-state index contributed by atoms with van der Waals surface area (Å²) in [7, 11) is 1.64. The van der Waals surface area contributed by atoms with Gasteiger partial charge in [-0.1, -0.05) is 30.3 Å². The van der Waals surface area contributed by atoms with Crippen molar-refractivity contribution in [3.8, 4) is 0 Å². The fourth-order valence-corrected chi connectivity index (χ4v) is 2.29. The predicted octanol–water partition coefficient (Wildman–Crippen LogP) is 1.94. The maximum absolute atomic E-state index is 12.2. The molecule has 0 heterocycles. The number of hydrogen-bond donors (Lipinski definition) is 0. The van der Waals surface area contributed by atoms with Gasteiger partial charge in [-0.2, -0.15) is 0 Å². The van der Waals surface area contributed by atoms with Crippen LogP contribution in [0.4, 0.5) is 0 Å². The highest BCUT2D eigenvalue weighted by molar-refractivity contribution is 5.86. The van der Waals surface area contributed by atoms with E-state index < -0.39 is 5.41 Å². The van der Waals surface area contributed by atoms with Crippen LogP contribution in [0, 0.1) is 0 Å². The Kier molecular flexibility index (Phi) is 6.83. The standard InChI is InChI=1S/C17H24O5/c1-19-9-10-20-11-12-21-13-14-22-16(18)17(7-8-17)15-5-3-2-4-6-15/h2-6H,7-14H2,1H3. The molecule has 5 heteroatoms. The molecule has 0 atom stereocenters. The van der Waals surface area contributed by atoms with Crippen molar-refractivity contribution in [2.75, 3.05) is 46.8 Å². The van der Waals surface area contributed by atoms with Crippen LogP contribution in [0.1, 0.15) is 18.4 Å². The number of ether oxygens (including phenoxy) is 4. The van der Waals surface area contributed by atoms with E-state index in [1.807, 2.05) is 30.3 Å². The van der Waals surface area contributed by atoms with Gasteiger partial charge < -0.3 is 18.9 Å². The molecule has 1 aromatic rings. The molecule has 0 N–H and O–H groups in total. The zero-order chi connectivity index (χ0) is 15.7. The summed E-state index contributed by atoms with van der Waals surface area (Å²) in [6, 6.07) is 9.84. The summed E-state index contributed by atoms with van der Waals surface area (Å²) >= 11 is 0. The van der Waals surface area contributed by atoms with Gasteiger partial charge in [0.15, 0.2) is 0 Å². The van der Waals surface area contributed by atoms with Crippen molar-refractivity contribution in [3.63, 3.8) is 0 Å². The normalized spacial score (nSPS) is 15.5. The van der Waals surface area contributed by atoms with E-state index in [1.54, 1.807) is 7.11 Å². The summed E-state index contributed by atoms with van der Waals surface area (Å²) in [6.45, 7) is 2.83. The molecule has 0 spiro atoms. The van der Waals surface area contributed by atoms with Crippen LogP contribution < -0.4 is 0 Å². The SMILES string of the molecule is COCCOCCOCCOC(=O)C1(c2ccccc2)CC1. The zero-order valence-corrected chi connectivity index (χ0v) is 13.1. The molecule has 0 unspecified atom stereocenters. The van der Waals surface area contributed by atoms with Crippen LogP contribution in [0.3, 0.4) is 0 Å². The number of carbonyl (C=O) groups excluding carboxylic acids is 1. The monoisotopic (exact) mass is 308 g/mol. The Balaban J connectivity index is 1.57. The molecule has 0 bridgehead atoms. The lowest BCUT2D eigenvalue weighted by Gasteiger charge is -2.14. The highest BCUT2D eigenvalue weighted by atomic mass is 16.6. The van der Waals surface area contributed by atoms with E-state index in [0.29, 0.717) is 33.0 Å². The van der Waals surface area contributed by atoms with Crippen molar-refractivity contribution in [3.05, 3.63) is 35.9 Å². The van der Waals surface area contributed by atoms with E-state index in [-0.39, 0.29) is 12.6 Å². The molecule has 0 saturated heterocycles. The summed E-state index contributed by atoms with van der Waals surface area (Å²) in [5, 5.41) is 0. The first kappa shape index (κ1) is 16.9. The average Bonchev–Trinajstić information content (AvgIpc) is 3.36. The van der Waals surface area contributed by atoms with Crippen LogP contribution in [0.15, 0.2) is 30.3 Å². The van der Waals surface area contributed by atoms with Gasteiger partial charge in [-0.3, -0.25) is 4.79 Å². The first-order valence-electron chi connectivity index (χ1n) is 7.67. The molecule has 122 valence electrons. The second-order valence-corrected chi connectivity index (χ2v) is 5.30. The van der Waals surface area contributed by atoms with Crippen molar-refractivity contribution in [2.45, 2.75) is 18.3 Å². The molecule has 5 nitrogen and oxygen atoms in total. The Morgan fingerprint density at radius 3 is 2.14 bits per heavy atom. The first-order valence-corrected chi connectivity index (χ1v) is 7.67. The minimum Gasteiger partial charge on any atom is -0.463 e. The van der Waals surface area contributed by atoms with E-state index in [1.165, 1.54) is 0 Å². The lowest BCUT2D eigenvalue weighted by atomic mass is 9.96. The highest BCUT2D eigenvalue weighted by Crippen LogP contribution is 2.49. The fraction of sp³-hybridized carbons (Fsp3) is 0.588. The Hall–Kier alpha value is -1.43. The number of rotatable bonds is 11. The van der Waals surface area contributed by atoms with Gasteiger partial charge in [0.25, 0.3) is 0 Å². The molecule has 1 aromatic carbocycles. The lowest BCUT2D eigenvalue weighted by molar-refractivity contribution is -0.148. The molecule has 0 radical (unpaired) electrons. The van der Waals surface area contributed by atoms with Gasteiger partial charge in [-0.15, -0.1) is 0 Å². The number of methoxy groups -OCH3 is 1. The molecule has 0 aliphatic heterocycles. The average molecular weight is 308 g/mol. The van der Waals surface area contributed by atoms with Crippen molar-refractivity contribution < 1.29 is 23.7 Å². The molecule has 2 rings (SSSR count). The van der Waals surface area contributed by atoms with E-state index in [2.05, 4.69) is 0 Å². The van der Waals surface area contributed by atoms with Gasteiger partial charge in [0.2, 0.25) is 0 Å².